The van der Waals surface area contributed by atoms with Gasteiger partial charge in [0.2, 0.25) is 0 Å². The minimum Gasteiger partial charge on any atom is -0.496 e. The molecule has 0 spiro atoms. The molecule has 0 aromatic heterocycles. The van der Waals surface area contributed by atoms with E-state index in [1.807, 2.05) is 0 Å². The molecule has 0 saturated heterocycles. The first-order valence-corrected chi connectivity index (χ1v) is 4.99. The number of halogens is 3. The summed E-state index contributed by atoms with van der Waals surface area (Å²) in [5.41, 5.74) is -0.627. The van der Waals surface area contributed by atoms with Crippen LogP contribution in [0.25, 0.3) is 0 Å². The number of rotatable bonds is 4. The van der Waals surface area contributed by atoms with Crippen molar-refractivity contribution in [1.82, 2.24) is 0 Å². The van der Waals surface area contributed by atoms with Crippen LogP contribution in [0.3, 0.4) is 0 Å². The molecule has 1 aromatic rings. The smallest absolute Gasteiger partial charge is 0.496 e. The molecule has 0 bridgehead atoms. The van der Waals surface area contributed by atoms with Gasteiger partial charge in [-0.15, -0.1) is 0 Å². The number of hydrogen-bond donors (Lipinski definition) is 0. The van der Waals surface area contributed by atoms with Gasteiger partial charge in [-0.1, -0.05) is 23.7 Å². The SMILES string of the molecule is F[B-](F)(F)c1ccccc1OCC1CC1.[K+]. The standard InChI is InChI=1S/C10H11BF3O.K/c12-11(13,14)9-3-1-2-4-10(9)15-7-8-5-6-8;/h1-4,8H,5-7H2;/q-1;+1. The summed E-state index contributed by atoms with van der Waals surface area (Å²) in [6, 6.07) is 5.40. The van der Waals surface area contributed by atoms with Gasteiger partial charge in [0.15, 0.2) is 0 Å². The van der Waals surface area contributed by atoms with Crippen molar-refractivity contribution in [1.29, 1.82) is 0 Å². The summed E-state index contributed by atoms with van der Waals surface area (Å²) < 4.78 is 42.9. The molecule has 1 aliphatic carbocycles. The van der Waals surface area contributed by atoms with E-state index in [0.717, 1.165) is 18.9 Å². The number of benzene rings is 1. The molecule has 16 heavy (non-hydrogen) atoms. The Kier molecular flexibility index (Phi) is 5.38. The van der Waals surface area contributed by atoms with Crippen LogP contribution < -0.4 is 61.6 Å². The average molecular weight is 254 g/mol. The third-order valence-electron chi connectivity index (χ3n) is 2.44. The van der Waals surface area contributed by atoms with Crippen LogP contribution in [0.5, 0.6) is 5.75 Å². The van der Waals surface area contributed by atoms with Gasteiger partial charge in [-0.2, -0.15) is 0 Å². The Balaban J connectivity index is 0.00000128. The van der Waals surface area contributed by atoms with Gasteiger partial charge in [0, 0.05) is 0 Å². The fourth-order valence-corrected chi connectivity index (χ4v) is 1.37. The van der Waals surface area contributed by atoms with E-state index in [1.54, 1.807) is 6.07 Å². The summed E-state index contributed by atoms with van der Waals surface area (Å²) in [4.78, 5) is 0. The molecule has 0 unspecified atom stereocenters. The zero-order valence-corrected chi connectivity index (χ0v) is 12.3. The second kappa shape index (κ2) is 5.91. The molecule has 0 heterocycles. The Labute approximate surface area is 135 Å². The molecule has 0 N–H and O–H groups in total. The molecule has 0 radical (unpaired) electrons. The van der Waals surface area contributed by atoms with Crippen LogP contribution in [0.4, 0.5) is 12.9 Å². The third-order valence-corrected chi connectivity index (χ3v) is 2.44. The zero-order chi connectivity index (χ0) is 10.9. The summed E-state index contributed by atoms with van der Waals surface area (Å²) in [7, 11) is 0. The molecule has 1 aromatic carbocycles. The van der Waals surface area contributed by atoms with Crippen LogP contribution in [-0.2, 0) is 0 Å². The maximum atomic E-state index is 12.6. The number of ether oxygens (including phenoxy) is 1. The van der Waals surface area contributed by atoms with Crippen molar-refractivity contribution < 1.29 is 69.1 Å². The van der Waals surface area contributed by atoms with E-state index < -0.39 is 12.4 Å². The second-order valence-corrected chi connectivity index (χ2v) is 3.87. The summed E-state index contributed by atoms with van der Waals surface area (Å²) in [6.45, 7) is -4.57. The number of para-hydroxylation sites is 1. The molecule has 6 heteroatoms. The molecule has 1 nitrogen and oxygen atoms in total. The molecule has 0 aliphatic heterocycles. The third kappa shape index (κ3) is 4.07. The van der Waals surface area contributed by atoms with Crippen molar-refractivity contribution in [3.05, 3.63) is 24.3 Å². The molecular formula is C10H11BF3KO. The monoisotopic (exact) mass is 254 g/mol. The van der Waals surface area contributed by atoms with Gasteiger partial charge in [0.05, 0.1) is 12.4 Å². The molecule has 0 amide bonds. The van der Waals surface area contributed by atoms with E-state index in [0.29, 0.717) is 12.5 Å². The Morgan fingerprint density at radius 3 is 2.38 bits per heavy atom. The van der Waals surface area contributed by atoms with Crippen LogP contribution in [0, 0.1) is 5.92 Å². The predicted octanol–water partition coefficient (Wildman–Crippen LogP) is -0.466. The minimum atomic E-state index is -4.97. The molecule has 0 atom stereocenters. The van der Waals surface area contributed by atoms with Gasteiger partial charge in [-0.05, 0) is 24.8 Å². The quantitative estimate of drug-likeness (QED) is 0.660. The van der Waals surface area contributed by atoms with E-state index in [4.69, 9.17) is 4.74 Å². The molecule has 1 aliphatic rings. The van der Waals surface area contributed by atoms with Crippen molar-refractivity contribution >= 4 is 12.4 Å². The maximum Gasteiger partial charge on any atom is 1.00 e. The molecule has 1 saturated carbocycles. The molecule has 2 rings (SSSR count). The second-order valence-electron chi connectivity index (χ2n) is 3.87. The Hall–Kier alpha value is 0.511. The maximum absolute atomic E-state index is 12.6. The van der Waals surface area contributed by atoms with E-state index in [-0.39, 0.29) is 57.1 Å². The van der Waals surface area contributed by atoms with Crippen molar-refractivity contribution in [2.75, 3.05) is 6.61 Å². The number of hydrogen-bond acceptors (Lipinski definition) is 1. The largest absolute Gasteiger partial charge is 1.00 e. The van der Waals surface area contributed by atoms with E-state index in [1.165, 1.54) is 12.1 Å². The topological polar surface area (TPSA) is 9.23 Å². The Morgan fingerprint density at radius 2 is 1.81 bits per heavy atom. The summed E-state index contributed by atoms with van der Waals surface area (Å²) in [5, 5.41) is 0. The van der Waals surface area contributed by atoms with Gasteiger partial charge >= 0.3 is 58.4 Å². The first-order chi connectivity index (χ1) is 7.07. The van der Waals surface area contributed by atoms with Gasteiger partial charge < -0.3 is 17.7 Å². The fraction of sp³-hybridized carbons (Fsp3) is 0.400. The summed E-state index contributed by atoms with van der Waals surface area (Å²) in [5.74, 6) is 0.427. The summed E-state index contributed by atoms with van der Waals surface area (Å²) in [6.07, 6.45) is 2.14. The minimum absolute atomic E-state index is 0. The van der Waals surface area contributed by atoms with Crippen LogP contribution in [0.1, 0.15) is 12.8 Å². The van der Waals surface area contributed by atoms with Crippen LogP contribution in [0.15, 0.2) is 24.3 Å². The van der Waals surface area contributed by atoms with Gasteiger partial charge in [-0.25, -0.2) is 0 Å². The Morgan fingerprint density at radius 1 is 1.19 bits per heavy atom. The molecular weight excluding hydrogens is 243 g/mol. The van der Waals surface area contributed by atoms with Gasteiger partial charge in [-0.3, -0.25) is 0 Å². The first-order valence-electron chi connectivity index (χ1n) is 4.99. The van der Waals surface area contributed by atoms with Crippen molar-refractivity contribution in [3.63, 3.8) is 0 Å². The Bertz CT molecular complexity index is 352. The van der Waals surface area contributed by atoms with E-state index in [9.17, 15) is 12.9 Å². The average Bonchev–Trinajstić information content (AvgIpc) is 2.97. The first kappa shape index (κ1) is 14.6. The van der Waals surface area contributed by atoms with E-state index in [2.05, 4.69) is 0 Å². The van der Waals surface area contributed by atoms with Crippen LogP contribution in [0.2, 0.25) is 0 Å². The fourth-order valence-electron chi connectivity index (χ4n) is 1.37. The van der Waals surface area contributed by atoms with Gasteiger partial charge in [0.1, 0.15) is 0 Å². The van der Waals surface area contributed by atoms with Gasteiger partial charge in [0.25, 0.3) is 0 Å². The molecule has 82 valence electrons. The van der Waals surface area contributed by atoms with E-state index >= 15 is 0 Å². The zero-order valence-electron chi connectivity index (χ0n) is 9.13. The molecule has 1 fully saturated rings. The van der Waals surface area contributed by atoms with Crippen molar-refractivity contribution in [2.24, 2.45) is 5.92 Å². The van der Waals surface area contributed by atoms with Crippen LogP contribution in [-0.4, -0.2) is 13.6 Å². The van der Waals surface area contributed by atoms with Crippen molar-refractivity contribution in [3.8, 4) is 5.75 Å². The van der Waals surface area contributed by atoms with Crippen molar-refractivity contribution in [2.45, 2.75) is 12.8 Å². The predicted molar refractivity (Wildman–Crippen MR) is 53.4 cm³/mol. The van der Waals surface area contributed by atoms with Crippen LogP contribution >= 0.6 is 0 Å². The summed E-state index contributed by atoms with van der Waals surface area (Å²) >= 11 is 0. The normalized spacial score (nSPS) is 15.4.